The van der Waals surface area contributed by atoms with Crippen molar-refractivity contribution < 1.29 is 4.79 Å². The lowest BCUT2D eigenvalue weighted by atomic mass is 10.1. The van der Waals surface area contributed by atoms with Gasteiger partial charge in [-0.1, -0.05) is 30.3 Å². The molecule has 3 aromatic rings. The first-order valence-corrected chi connectivity index (χ1v) is 5.56. The van der Waals surface area contributed by atoms with Crippen molar-refractivity contribution in [2.75, 3.05) is 0 Å². The van der Waals surface area contributed by atoms with Crippen molar-refractivity contribution in [2.24, 2.45) is 0 Å². The van der Waals surface area contributed by atoms with Gasteiger partial charge in [0, 0.05) is 5.56 Å². The number of aromatic nitrogens is 4. The summed E-state index contributed by atoms with van der Waals surface area (Å²) in [6.07, 6.45) is 3.39. The highest BCUT2D eigenvalue weighted by Gasteiger charge is 2.09. The molecule has 0 saturated heterocycles. The van der Waals surface area contributed by atoms with Crippen LogP contribution < -0.4 is 0 Å². The second kappa shape index (κ2) is 4.37. The molecule has 2 aromatic heterocycles. The van der Waals surface area contributed by atoms with Crippen LogP contribution in [0.1, 0.15) is 16.2 Å². The van der Waals surface area contributed by atoms with Gasteiger partial charge < -0.3 is 4.98 Å². The third-order valence-electron chi connectivity index (χ3n) is 2.64. The van der Waals surface area contributed by atoms with Crippen LogP contribution >= 0.6 is 0 Å². The predicted octanol–water partition coefficient (Wildman–Crippen LogP) is 1.78. The molecular weight excluding hydrogens is 228 g/mol. The number of hydrogen-bond acceptors (Lipinski definition) is 4. The molecule has 0 bridgehead atoms. The highest BCUT2D eigenvalue weighted by molar-refractivity contribution is 5.97. The molecule has 0 aliphatic heterocycles. The molecule has 0 spiro atoms. The predicted molar refractivity (Wildman–Crippen MR) is 66.2 cm³/mol. The Morgan fingerprint density at radius 3 is 2.83 bits per heavy atom. The van der Waals surface area contributed by atoms with Crippen LogP contribution in [0.5, 0.6) is 0 Å². The Kier molecular flexibility index (Phi) is 2.57. The fourth-order valence-electron chi connectivity index (χ4n) is 1.73. The van der Waals surface area contributed by atoms with Crippen molar-refractivity contribution in [1.29, 1.82) is 0 Å². The van der Waals surface area contributed by atoms with Crippen molar-refractivity contribution in [3.05, 3.63) is 54.2 Å². The fraction of sp³-hybridized carbons (Fsp3) is 0.0769. The molecule has 88 valence electrons. The van der Waals surface area contributed by atoms with Crippen LogP contribution in [0.25, 0.3) is 11.2 Å². The van der Waals surface area contributed by atoms with Gasteiger partial charge >= 0.3 is 0 Å². The summed E-state index contributed by atoms with van der Waals surface area (Å²) in [5.41, 5.74) is 2.02. The summed E-state index contributed by atoms with van der Waals surface area (Å²) in [5.74, 6) is 0.494. The number of rotatable bonds is 3. The minimum absolute atomic E-state index is 0.00508. The van der Waals surface area contributed by atoms with Gasteiger partial charge in [-0.3, -0.25) is 4.79 Å². The first-order chi connectivity index (χ1) is 8.83. The maximum atomic E-state index is 12.0. The molecular formula is C13H10N4O. The lowest BCUT2D eigenvalue weighted by Crippen LogP contribution is -2.06. The first kappa shape index (κ1) is 10.6. The monoisotopic (exact) mass is 238 g/mol. The second-order valence-electron chi connectivity index (χ2n) is 3.89. The molecule has 18 heavy (non-hydrogen) atoms. The van der Waals surface area contributed by atoms with Crippen LogP contribution in [0.2, 0.25) is 0 Å². The van der Waals surface area contributed by atoms with E-state index in [2.05, 4.69) is 19.9 Å². The zero-order valence-electron chi connectivity index (χ0n) is 9.50. The molecule has 5 nitrogen and oxygen atoms in total. The number of hydrogen-bond donors (Lipinski definition) is 1. The van der Waals surface area contributed by atoms with Gasteiger partial charge in [-0.15, -0.1) is 0 Å². The van der Waals surface area contributed by atoms with Crippen LogP contribution in [0.3, 0.4) is 0 Å². The minimum atomic E-state index is 0.00508. The van der Waals surface area contributed by atoms with E-state index in [1.807, 2.05) is 18.2 Å². The highest BCUT2D eigenvalue weighted by Crippen LogP contribution is 2.07. The number of H-pyrrole nitrogens is 1. The van der Waals surface area contributed by atoms with Crippen molar-refractivity contribution in [1.82, 2.24) is 19.9 Å². The first-order valence-electron chi connectivity index (χ1n) is 5.56. The summed E-state index contributed by atoms with van der Waals surface area (Å²) in [7, 11) is 0. The summed E-state index contributed by atoms with van der Waals surface area (Å²) in [5, 5.41) is 0. The van der Waals surface area contributed by atoms with E-state index in [1.165, 1.54) is 0 Å². The molecule has 2 heterocycles. The van der Waals surface area contributed by atoms with E-state index < -0.39 is 0 Å². The standard InChI is InChI=1S/C13H10N4O/c18-11(9-4-2-1-3-5-9)6-12-14-7-10-13(17-12)16-8-15-10/h1-5,7-8H,6H2,(H,14,15,16,17). The quantitative estimate of drug-likeness (QED) is 0.706. The molecule has 0 saturated carbocycles. The number of carbonyl (C=O) groups excluding carboxylic acids is 1. The van der Waals surface area contributed by atoms with Crippen LogP contribution in [-0.4, -0.2) is 25.7 Å². The van der Waals surface area contributed by atoms with Crippen molar-refractivity contribution in [2.45, 2.75) is 6.42 Å². The Bertz CT molecular complexity index is 690. The Balaban J connectivity index is 1.86. The molecule has 1 N–H and O–H groups in total. The van der Waals surface area contributed by atoms with Crippen molar-refractivity contribution in [3.63, 3.8) is 0 Å². The number of aromatic amines is 1. The lowest BCUT2D eigenvalue weighted by molar-refractivity contribution is 0.0991. The molecule has 0 radical (unpaired) electrons. The normalized spacial score (nSPS) is 10.7. The van der Waals surface area contributed by atoms with Gasteiger partial charge in [0.2, 0.25) is 0 Å². The molecule has 0 aliphatic carbocycles. The average Bonchev–Trinajstić information content (AvgIpc) is 2.87. The van der Waals surface area contributed by atoms with Crippen molar-refractivity contribution >= 4 is 16.9 Å². The highest BCUT2D eigenvalue weighted by atomic mass is 16.1. The van der Waals surface area contributed by atoms with Crippen LogP contribution in [0.4, 0.5) is 0 Å². The van der Waals surface area contributed by atoms with Gasteiger partial charge in [-0.2, -0.15) is 0 Å². The molecule has 1 aromatic carbocycles. The third kappa shape index (κ3) is 1.98. The maximum absolute atomic E-state index is 12.0. The topological polar surface area (TPSA) is 71.5 Å². The zero-order valence-corrected chi connectivity index (χ0v) is 9.50. The van der Waals surface area contributed by atoms with E-state index in [4.69, 9.17) is 0 Å². The summed E-state index contributed by atoms with van der Waals surface area (Å²) < 4.78 is 0. The van der Waals surface area contributed by atoms with Gasteiger partial charge in [0.15, 0.2) is 11.4 Å². The number of nitrogens with one attached hydrogen (secondary N) is 1. The summed E-state index contributed by atoms with van der Waals surface area (Å²) in [6.45, 7) is 0. The number of carbonyl (C=O) groups is 1. The molecule has 0 aliphatic rings. The molecule has 0 fully saturated rings. The molecule has 0 atom stereocenters. The smallest absolute Gasteiger partial charge is 0.180 e. The molecule has 3 rings (SSSR count). The van der Waals surface area contributed by atoms with E-state index >= 15 is 0 Å². The number of Topliss-reactive ketones (excluding diaryl/α,β-unsaturated/α-hetero) is 1. The van der Waals surface area contributed by atoms with Gasteiger partial charge in [0.1, 0.15) is 11.3 Å². The van der Waals surface area contributed by atoms with Crippen molar-refractivity contribution in [3.8, 4) is 0 Å². The Morgan fingerprint density at radius 1 is 1.17 bits per heavy atom. The number of benzene rings is 1. The Morgan fingerprint density at radius 2 is 2.00 bits per heavy atom. The van der Waals surface area contributed by atoms with Crippen LogP contribution in [-0.2, 0) is 6.42 Å². The second-order valence-corrected chi connectivity index (χ2v) is 3.89. The summed E-state index contributed by atoms with van der Waals surface area (Å²) >= 11 is 0. The summed E-state index contributed by atoms with van der Waals surface area (Å²) in [4.78, 5) is 27.3. The number of nitrogens with zero attached hydrogens (tertiary/aromatic N) is 3. The van der Waals surface area contributed by atoms with E-state index in [0.29, 0.717) is 17.0 Å². The Labute approximate surface area is 103 Å². The van der Waals surface area contributed by atoms with E-state index in [-0.39, 0.29) is 12.2 Å². The summed E-state index contributed by atoms with van der Waals surface area (Å²) in [6, 6.07) is 9.13. The fourth-order valence-corrected chi connectivity index (χ4v) is 1.73. The lowest BCUT2D eigenvalue weighted by Gasteiger charge is -1.99. The van der Waals surface area contributed by atoms with Gasteiger partial charge in [0.05, 0.1) is 18.9 Å². The third-order valence-corrected chi connectivity index (χ3v) is 2.64. The van der Waals surface area contributed by atoms with Gasteiger partial charge in [-0.05, 0) is 0 Å². The minimum Gasteiger partial charge on any atom is -0.342 e. The SMILES string of the molecule is O=C(Cc1ncc2[nH]cnc2n1)c1ccccc1. The average molecular weight is 238 g/mol. The molecule has 0 amide bonds. The number of imidazole rings is 1. The maximum Gasteiger partial charge on any atom is 0.180 e. The largest absolute Gasteiger partial charge is 0.342 e. The van der Waals surface area contributed by atoms with Crippen LogP contribution in [0.15, 0.2) is 42.9 Å². The Hall–Kier alpha value is -2.56. The molecule has 0 unspecified atom stereocenters. The molecule has 5 heteroatoms. The number of ketones is 1. The van der Waals surface area contributed by atoms with Gasteiger partial charge in [-0.25, -0.2) is 15.0 Å². The van der Waals surface area contributed by atoms with E-state index in [1.54, 1.807) is 24.7 Å². The zero-order chi connectivity index (χ0) is 12.4. The van der Waals surface area contributed by atoms with E-state index in [0.717, 1.165) is 5.52 Å². The van der Waals surface area contributed by atoms with Crippen LogP contribution in [0, 0.1) is 0 Å². The van der Waals surface area contributed by atoms with Gasteiger partial charge in [0.25, 0.3) is 0 Å². The number of fused-ring (bicyclic) bond motifs is 1. The van der Waals surface area contributed by atoms with E-state index in [9.17, 15) is 4.79 Å².